The van der Waals surface area contributed by atoms with Crippen LogP contribution in [-0.2, 0) is 0 Å². The molecule has 0 saturated heterocycles. The van der Waals surface area contributed by atoms with Crippen LogP contribution in [0, 0.1) is 0 Å². The van der Waals surface area contributed by atoms with Gasteiger partial charge >= 0.3 is 0 Å². The van der Waals surface area contributed by atoms with E-state index in [1.807, 2.05) is 30.3 Å². The number of ether oxygens (including phenoxy) is 1. The fraction of sp³-hybridized carbons (Fsp3) is 0. The quantitative estimate of drug-likeness (QED) is 0.541. The van der Waals surface area contributed by atoms with Gasteiger partial charge < -0.3 is 15.2 Å². The molecule has 0 saturated carbocycles. The smallest absolute Gasteiger partial charge is 0.256 e. The Morgan fingerprint density at radius 1 is 0.852 bits per heavy atom. The lowest BCUT2D eigenvalue weighted by Crippen LogP contribution is -2.12. The van der Waals surface area contributed by atoms with Crippen molar-refractivity contribution < 1.29 is 14.6 Å². The third-order valence-electron chi connectivity index (χ3n) is 4.08. The summed E-state index contributed by atoms with van der Waals surface area (Å²) in [7, 11) is 0. The average Bonchev–Trinajstić information content (AvgIpc) is 2.71. The van der Waals surface area contributed by atoms with E-state index in [0.29, 0.717) is 27.9 Å². The molecule has 1 aromatic heterocycles. The minimum atomic E-state index is -0.273. The number of aromatic nitrogens is 1. The Hall–Kier alpha value is -3.86. The fourth-order valence-electron chi connectivity index (χ4n) is 2.79. The maximum atomic E-state index is 12.7. The van der Waals surface area contributed by atoms with Crippen molar-refractivity contribution in [3.8, 4) is 17.2 Å². The van der Waals surface area contributed by atoms with Crippen LogP contribution in [0.1, 0.15) is 10.4 Å². The Bertz CT molecular complexity index is 1090. The van der Waals surface area contributed by atoms with Gasteiger partial charge in [-0.05, 0) is 54.6 Å². The van der Waals surface area contributed by atoms with Crippen molar-refractivity contribution in [1.29, 1.82) is 0 Å². The van der Waals surface area contributed by atoms with Gasteiger partial charge in [0, 0.05) is 22.8 Å². The monoisotopic (exact) mass is 356 g/mol. The summed E-state index contributed by atoms with van der Waals surface area (Å²) in [4.78, 5) is 16.8. The predicted molar refractivity (Wildman–Crippen MR) is 104 cm³/mol. The number of anilines is 1. The van der Waals surface area contributed by atoms with Gasteiger partial charge in [0.25, 0.3) is 5.91 Å². The summed E-state index contributed by atoms with van der Waals surface area (Å²) in [6, 6.07) is 23.2. The van der Waals surface area contributed by atoms with E-state index in [0.717, 1.165) is 5.75 Å². The van der Waals surface area contributed by atoms with E-state index in [1.54, 1.807) is 48.7 Å². The molecule has 0 aliphatic carbocycles. The summed E-state index contributed by atoms with van der Waals surface area (Å²) < 4.78 is 5.75. The molecular formula is C22H16N2O3. The number of nitrogens with zero attached hydrogens (tertiary/aromatic N) is 1. The molecule has 0 spiro atoms. The van der Waals surface area contributed by atoms with Crippen LogP contribution in [0.2, 0.25) is 0 Å². The third-order valence-corrected chi connectivity index (χ3v) is 4.08. The average molecular weight is 356 g/mol. The maximum absolute atomic E-state index is 12.7. The van der Waals surface area contributed by atoms with Crippen LogP contribution in [0.25, 0.3) is 10.9 Å². The van der Waals surface area contributed by atoms with Gasteiger partial charge in [-0.15, -0.1) is 0 Å². The Kier molecular flexibility index (Phi) is 4.41. The zero-order chi connectivity index (χ0) is 18.6. The van der Waals surface area contributed by atoms with E-state index in [9.17, 15) is 9.90 Å². The number of fused-ring (bicyclic) bond motifs is 1. The first-order valence-electron chi connectivity index (χ1n) is 8.42. The van der Waals surface area contributed by atoms with E-state index in [4.69, 9.17) is 4.74 Å². The van der Waals surface area contributed by atoms with Crippen molar-refractivity contribution in [2.75, 3.05) is 5.32 Å². The number of phenolic OH excluding ortho intramolecular Hbond substituents is 1. The van der Waals surface area contributed by atoms with Gasteiger partial charge in [-0.1, -0.05) is 24.3 Å². The molecule has 0 radical (unpaired) electrons. The number of aromatic hydroxyl groups is 1. The van der Waals surface area contributed by atoms with Crippen LogP contribution >= 0.6 is 0 Å². The van der Waals surface area contributed by atoms with Gasteiger partial charge in [0.1, 0.15) is 22.8 Å². The summed E-state index contributed by atoms with van der Waals surface area (Å²) in [6.45, 7) is 0. The molecule has 1 heterocycles. The van der Waals surface area contributed by atoms with Crippen molar-refractivity contribution in [2.24, 2.45) is 0 Å². The first-order chi connectivity index (χ1) is 13.2. The normalized spacial score (nSPS) is 10.5. The molecule has 4 rings (SSSR count). The molecular weight excluding hydrogens is 340 g/mol. The molecule has 3 aromatic carbocycles. The van der Waals surface area contributed by atoms with Crippen LogP contribution in [0.5, 0.6) is 17.2 Å². The first-order valence-corrected chi connectivity index (χ1v) is 8.42. The van der Waals surface area contributed by atoms with Crippen molar-refractivity contribution >= 4 is 22.5 Å². The van der Waals surface area contributed by atoms with E-state index in [-0.39, 0.29) is 11.7 Å². The Morgan fingerprint density at radius 2 is 1.59 bits per heavy atom. The number of phenols is 1. The topological polar surface area (TPSA) is 71.5 Å². The van der Waals surface area contributed by atoms with Gasteiger partial charge in [-0.3, -0.25) is 9.78 Å². The van der Waals surface area contributed by atoms with E-state index in [1.165, 1.54) is 6.07 Å². The number of carbonyl (C=O) groups is 1. The van der Waals surface area contributed by atoms with Gasteiger partial charge in [0.05, 0.1) is 0 Å². The number of carbonyl (C=O) groups excluding carboxylic acids is 1. The van der Waals surface area contributed by atoms with Gasteiger partial charge in [-0.2, -0.15) is 0 Å². The van der Waals surface area contributed by atoms with E-state index >= 15 is 0 Å². The summed E-state index contributed by atoms with van der Waals surface area (Å²) >= 11 is 0. The highest BCUT2D eigenvalue weighted by atomic mass is 16.5. The molecule has 0 aliphatic heterocycles. The number of hydrogen-bond donors (Lipinski definition) is 2. The van der Waals surface area contributed by atoms with E-state index < -0.39 is 0 Å². The molecule has 4 aromatic rings. The summed E-state index contributed by atoms with van der Waals surface area (Å²) in [5.41, 5.74) is 1.49. The molecule has 27 heavy (non-hydrogen) atoms. The second-order valence-electron chi connectivity index (χ2n) is 5.93. The molecule has 0 unspecified atom stereocenters. The lowest BCUT2D eigenvalue weighted by molar-refractivity contribution is 0.102. The summed E-state index contributed by atoms with van der Waals surface area (Å²) in [5.74, 6) is 1.20. The third kappa shape index (κ3) is 3.57. The Morgan fingerprint density at radius 3 is 2.37 bits per heavy atom. The lowest BCUT2D eigenvalue weighted by atomic mass is 10.1. The number of rotatable bonds is 4. The number of pyridine rings is 1. The molecule has 5 nitrogen and oxygen atoms in total. The Balaban J connectivity index is 1.53. The number of hydrogen-bond acceptors (Lipinski definition) is 4. The molecule has 132 valence electrons. The van der Waals surface area contributed by atoms with Crippen LogP contribution in [-0.4, -0.2) is 16.0 Å². The van der Waals surface area contributed by atoms with Crippen LogP contribution in [0.4, 0.5) is 5.69 Å². The molecule has 0 fully saturated rings. The molecule has 2 N–H and O–H groups in total. The minimum Gasteiger partial charge on any atom is -0.506 e. The summed E-state index contributed by atoms with van der Waals surface area (Å²) in [5, 5.41) is 13.4. The Labute approximate surface area is 155 Å². The number of amides is 1. The highest BCUT2D eigenvalue weighted by molar-refractivity contribution is 6.13. The second-order valence-corrected chi connectivity index (χ2v) is 5.93. The van der Waals surface area contributed by atoms with Crippen molar-refractivity contribution in [3.63, 3.8) is 0 Å². The standard InChI is InChI=1S/C22H16N2O3/c25-20-13-12-19(18-7-4-14-23-21(18)20)22(26)24-15-8-10-17(11-9-15)27-16-5-2-1-3-6-16/h1-14,25H,(H,24,26). The predicted octanol–water partition coefficient (Wildman–Crippen LogP) is 4.99. The fourth-order valence-corrected chi connectivity index (χ4v) is 2.79. The van der Waals surface area contributed by atoms with Crippen molar-refractivity contribution in [3.05, 3.63) is 90.6 Å². The second kappa shape index (κ2) is 7.17. The number of nitrogens with one attached hydrogen (secondary N) is 1. The van der Waals surface area contributed by atoms with E-state index in [2.05, 4.69) is 10.3 Å². The molecule has 0 aliphatic rings. The molecule has 0 atom stereocenters. The SMILES string of the molecule is O=C(Nc1ccc(Oc2ccccc2)cc1)c1ccc(O)c2ncccc12. The zero-order valence-corrected chi connectivity index (χ0v) is 14.3. The lowest BCUT2D eigenvalue weighted by Gasteiger charge is -2.10. The summed E-state index contributed by atoms with van der Waals surface area (Å²) in [6.07, 6.45) is 1.58. The van der Waals surface area contributed by atoms with Crippen LogP contribution in [0.3, 0.4) is 0 Å². The molecule has 0 bridgehead atoms. The number of para-hydroxylation sites is 1. The zero-order valence-electron chi connectivity index (χ0n) is 14.3. The first kappa shape index (κ1) is 16.6. The molecule has 5 heteroatoms. The highest BCUT2D eigenvalue weighted by Crippen LogP contribution is 2.27. The van der Waals surface area contributed by atoms with Gasteiger partial charge in [-0.25, -0.2) is 0 Å². The largest absolute Gasteiger partial charge is 0.506 e. The highest BCUT2D eigenvalue weighted by Gasteiger charge is 2.13. The molecule has 1 amide bonds. The van der Waals surface area contributed by atoms with Crippen LogP contribution in [0.15, 0.2) is 85.1 Å². The maximum Gasteiger partial charge on any atom is 0.256 e. The minimum absolute atomic E-state index is 0.0459. The van der Waals surface area contributed by atoms with Crippen molar-refractivity contribution in [1.82, 2.24) is 4.98 Å². The van der Waals surface area contributed by atoms with Gasteiger partial charge in [0.15, 0.2) is 0 Å². The van der Waals surface area contributed by atoms with Crippen molar-refractivity contribution in [2.45, 2.75) is 0 Å². The number of benzene rings is 3. The van der Waals surface area contributed by atoms with Crippen LogP contribution < -0.4 is 10.1 Å². The van der Waals surface area contributed by atoms with Gasteiger partial charge in [0.2, 0.25) is 0 Å².